The number of hydrogen-bond donors (Lipinski definition) is 1. The number of rotatable bonds is 7. The molecule has 1 amide bonds. The van der Waals surface area contributed by atoms with Crippen LogP contribution >= 0.6 is 0 Å². The minimum atomic E-state index is -0.275. The Balaban J connectivity index is 1.91. The highest BCUT2D eigenvalue weighted by atomic mass is 16.2. The lowest BCUT2D eigenvalue weighted by Gasteiger charge is -2.35. The number of carbonyl (C=O) groups excluding carboxylic acids is 1. The van der Waals surface area contributed by atoms with Gasteiger partial charge in [-0.2, -0.15) is 0 Å². The van der Waals surface area contributed by atoms with Crippen molar-refractivity contribution in [2.24, 2.45) is 0 Å². The summed E-state index contributed by atoms with van der Waals surface area (Å²) in [5, 5.41) is 0. The summed E-state index contributed by atoms with van der Waals surface area (Å²) in [7, 11) is 0. The highest BCUT2D eigenvalue weighted by Gasteiger charge is 2.38. The fourth-order valence-corrected chi connectivity index (χ4v) is 4.25. The van der Waals surface area contributed by atoms with E-state index in [0.717, 1.165) is 61.6 Å². The maximum atomic E-state index is 13.9. The van der Waals surface area contributed by atoms with Crippen LogP contribution in [0.25, 0.3) is 5.57 Å². The maximum absolute atomic E-state index is 13.9. The van der Waals surface area contributed by atoms with Crippen molar-refractivity contribution in [2.45, 2.75) is 59.0 Å². The average Bonchev–Trinajstić information content (AvgIpc) is 3.41. The number of aromatic nitrogens is 2. The molecule has 0 saturated carbocycles. The summed E-state index contributed by atoms with van der Waals surface area (Å²) in [4.78, 5) is 26.3. The van der Waals surface area contributed by atoms with E-state index in [4.69, 9.17) is 0 Å². The minimum Gasteiger partial charge on any atom is -0.341 e. The number of imidazole rings is 1. The number of likely N-dealkylation sites (tertiary alicyclic amines) is 1. The van der Waals surface area contributed by atoms with Crippen molar-refractivity contribution >= 4 is 11.5 Å². The van der Waals surface area contributed by atoms with E-state index in [1.165, 1.54) is 0 Å². The summed E-state index contributed by atoms with van der Waals surface area (Å²) >= 11 is 0. The van der Waals surface area contributed by atoms with Crippen LogP contribution in [-0.2, 0) is 4.79 Å². The lowest BCUT2D eigenvalue weighted by atomic mass is 10.00. The topological polar surface area (TPSA) is 52.2 Å². The molecule has 1 aromatic heterocycles. The molecule has 1 N–H and O–H groups in total. The molecule has 0 bridgehead atoms. The Morgan fingerprint density at radius 3 is 2.97 bits per heavy atom. The van der Waals surface area contributed by atoms with Crippen molar-refractivity contribution in [1.29, 1.82) is 0 Å². The molecular formula is C25H34N4O. The van der Waals surface area contributed by atoms with E-state index in [-0.39, 0.29) is 18.0 Å². The summed E-state index contributed by atoms with van der Waals surface area (Å²) in [5.41, 5.74) is 6.38. The lowest BCUT2D eigenvalue weighted by Crippen LogP contribution is -2.49. The second-order valence-electron chi connectivity index (χ2n) is 7.80. The van der Waals surface area contributed by atoms with Gasteiger partial charge in [-0.15, -0.1) is 5.73 Å². The Morgan fingerprint density at radius 1 is 1.43 bits per heavy atom. The van der Waals surface area contributed by atoms with Gasteiger partial charge in [-0.1, -0.05) is 38.2 Å². The first-order chi connectivity index (χ1) is 14.6. The molecule has 5 heteroatoms. The van der Waals surface area contributed by atoms with Crippen LogP contribution in [0, 0.1) is 0 Å². The highest BCUT2D eigenvalue weighted by molar-refractivity contribution is 5.86. The second-order valence-corrected chi connectivity index (χ2v) is 7.80. The third-order valence-corrected chi connectivity index (χ3v) is 6.10. The molecule has 2 heterocycles. The molecule has 0 spiro atoms. The Morgan fingerprint density at radius 2 is 2.23 bits per heavy atom. The first kappa shape index (κ1) is 22.1. The van der Waals surface area contributed by atoms with Gasteiger partial charge in [0, 0.05) is 6.54 Å². The number of carbonyl (C=O) groups is 1. The first-order valence-electron chi connectivity index (χ1n) is 11.1. The minimum absolute atomic E-state index is 0.00638. The van der Waals surface area contributed by atoms with Crippen molar-refractivity contribution in [3.63, 3.8) is 0 Å². The van der Waals surface area contributed by atoms with E-state index < -0.39 is 0 Å². The summed E-state index contributed by atoms with van der Waals surface area (Å²) < 4.78 is 0. The van der Waals surface area contributed by atoms with E-state index in [2.05, 4.69) is 59.6 Å². The SMILES string of the molecule is C/C=C(\C)c1cnc([C@@H]2CCCN2C(=O)[C@@H](C2=CCC=C=C/C=C\2)N(CC)CC)[nH]1. The number of allylic oxidation sites excluding steroid dienone is 5. The average molecular weight is 407 g/mol. The fourth-order valence-electron chi connectivity index (χ4n) is 4.25. The number of nitrogens with one attached hydrogen (secondary N) is 1. The normalized spacial score (nSPS) is 21.5. The quantitative estimate of drug-likeness (QED) is 0.662. The van der Waals surface area contributed by atoms with Crippen molar-refractivity contribution in [3.05, 3.63) is 65.5 Å². The summed E-state index contributed by atoms with van der Waals surface area (Å²) in [6.07, 6.45) is 16.8. The summed E-state index contributed by atoms with van der Waals surface area (Å²) in [6.45, 7) is 10.8. The molecule has 1 saturated heterocycles. The number of likely N-dealkylation sites (N-methyl/N-ethyl adjacent to an activating group) is 1. The van der Waals surface area contributed by atoms with Crippen LogP contribution in [0.4, 0.5) is 0 Å². The predicted octanol–water partition coefficient (Wildman–Crippen LogP) is 4.80. The number of aromatic amines is 1. The zero-order valence-electron chi connectivity index (χ0n) is 18.7. The number of hydrogen-bond acceptors (Lipinski definition) is 3. The third kappa shape index (κ3) is 4.75. The van der Waals surface area contributed by atoms with Crippen LogP contribution in [0.1, 0.15) is 64.5 Å². The molecular weight excluding hydrogens is 372 g/mol. The standard InChI is InChI=1S/C25H34N4O/c1-5-19(4)21-18-26-24(27-21)22-16-13-17-29(22)25(30)23(28(6-2)7-3)20-14-11-9-8-10-12-15-20/h5,9-11,14-15,18,22-23H,6-7,12-13,16-17H2,1-4H3,(H,26,27)/b14-11-,19-5+,20-15?/t8?,22-,23+/m0/s1. The zero-order valence-corrected chi connectivity index (χ0v) is 18.7. The highest BCUT2D eigenvalue weighted by Crippen LogP contribution is 2.33. The molecule has 5 nitrogen and oxygen atoms in total. The Labute approximate surface area is 180 Å². The van der Waals surface area contributed by atoms with Gasteiger partial charge in [0.1, 0.15) is 11.9 Å². The number of amides is 1. The monoisotopic (exact) mass is 406 g/mol. The fraction of sp³-hybridized carbons (Fsp3) is 0.480. The van der Waals surface area contributed by atoms with Crippen LogP contribution in [0.3, 0.4) is 0 Å². The van der Waals surface area contributed by atoms with E-state index >= 15 is 0 Å². The van der Waals surface area contributed by atoms with Crippen LogP contribution < -0.4 is 0 Å². The first-order valence-corrected chi connectivity index (χ1v) is 11.1. The Bertz CT molecular complexity index is 894. The van der Waals surface area contributed by atoms with Gasteiger partial charge in [0.15, 0.2) is 0 Å². The molecule has 1 fully saturated rings. The smallest absolute Gasteiger partial charge is 0.245 e. The van der Waals surface area contributed by atoms with Gasteiger partial charge < -0.3 is 9.88 Å². The van der Waals surface area contributed by atoms with Gasteiger partial charge >= 0.3 is 0 Å². The van der Waals surface area contributed by atoms with Crippen LogP contribution in [-0.4, -0.2) is 51.4 Å². The van der Waals surface area contributed by atoms with Gasteiger partial charge in [-0.3, -0.25) is 9.69 Å². The molecule has 0 aromatic carbocycles. The van der Waals surface area contributed by atoms with Crippen LogP contribution in [0.15, 0.2) is 54.0 Å². The number of H-pyrrole nitrogens is 1. The van der Waals surface area contributed by atoms with Gasteiger partial charge in [0.2, 0.25) is 5.91 Å². The largest absolute Gasteiger partial charge is 0.341 e. The molecule has 1 aliphatic heterocycles. The molecule has 1 aliphatic carbocycles. The van der Waals surface area contributed by atoms with Gasteiger partial charge in [0.25, 0.3) is 0 Å². The van der Waals surface area contributed by atoms with E-state index in [9.17, 15) is 4.79 Å². The number of nitrogens with zero attached hydrogens (tertiary/aromatic N) is 3. The molecule has 160 valence electrons. The van der Waals surface area contributed by atoms with Crippen molar-refractivity contribution in [3.8, 4) is 0 Å². The molecule has 1 aromatic rings. The lowest BCUT2D eigenvalue weighted by molar-refractivity contribution is -0.136. The van der Waals surface area contributed by atoms with Gasteiger partial charge in [-0.25, -0.2) is 4.98 Å². The predicted molar refractivity (Wildman–Crippen MR) is 123 cm³/mol. The second kappa shape index (κ2) is 10.4. The molecule has 0 unspecified atom stereocenters. The van der Waals surface area contributed by atoms with E-state index in [1.54, 1.807) is 0 Å². The van der Waals surface area contributed by atoms with Crippen molar-refractivity contribution < 1.29 is 4.79 Å². The van der Waals surface area contributed by atoms with Crippen LogP contribution in [0.5, 0.6) is 0 Å². The van der Waals surface area contributed by atoms with Gasteiger partial charge in [-0.05, 0) is 69.5 Å². The molecule has 30 heavy (non-hydrogen) atoms. The van der Waals surface area contributed by atoms with Crippen molar-refractivity contribution in [2.75, 3.05) is 19.6 Å². The zero-order chi connectivity index (χ0) is 21.5. The molecule has 0 radical (unpaired) electrons. The van der Waals surface area contributed by atoms with Crippen molar-refractivity contribution in [1.82, 2.24) is 19.8 Å². The van der Waals surface area contributed by atoms with Gasteiger partial charge in [0.05, 0.1) is 17.9 Å². The Kier molecular flexibility index (Phi) is 7.67. The summed E-state index contributed by atoms with van der Waals surface area (Å²) in [5.74, 6) is 1.06. The maximum Gasteiger partial charge on any atom is 0.245 e. The molecule has 3 rings (SSSR count). The third-order valence-electron chi connectivity index (χ3n) is 6.10. The molecule has 2 atom stereocenters. The van der Waals surface area contributed by atoms with E-state index in [1.807, 2.05) is 36.2 Å². The van der Waals surface area contributed by atoms with E-state index in [0.29, 0.717) is 0 Å². The Hall–Kier alpha value is -2.62. The van der Waals surface area contributed by atoms with Crippen LogP contribution in [0.2, 0.25) is 0 Å². The molecule has 2 aliphatic rings. The summed E-state index contributed by atoms with van der Waals surface area (Å²) in [6, 6.07) is -0.268.